The van der Waals surface area contributed by atoms with Gasteiger partial charge in [0.05, 0.1) is 101 Å². The first-order chi connectivity index (χ1) is 55.3. The smallest absolute Gasteiger partial charge is 0.406 e. The quantitative estimate of drug-likeness (QED) is 0.0297. The molecule has 1 saturated carbocycles. The van der Waals surface area contributed by atoms with E-state index in [0.29, 0.717) is 41.3 Å². The predicted octanol–water partition coefficient (Wildman–Crippen LogP) is 18.8. The number of rotatable bonds is 21. The molecule has 2 aliphatic rings. The van der Waals surface area contributed by atoms with Gasteiger partial charge in [-0.2, -0.15) is 40.3 Å². The molecule has 0 radical (unpaired) electrons. The van der Waals surface area contributed by atoms with Gasteiger partial charge < -0.3 is 56.9 Å². The first-order valence-electron chi connectivity index (χ1n) is 36.1. The van der Waals surface area contributed by atoms with Crippen LogP contribution in [-0.4, -0.2) is 151 Å². The topological polar surface area (TPSA) is 339 Å². The van der Waals surface area contributed by atoms with Crippen LogP contribution in [0.2, 0.25) is 0 Å². The average Bonchev–Trinajstić information content (AvgIpc) is 1.71. The van der Waals surface area contributed by atoms with Gasteiger partial charge >= 0.3 is 6.36 Å². The van der Waals surface area contributed by atoms with E-state index in [2.05, 4.69) is 152 Å². The van der Waals surface area contributed by atoms with Crippen molar-refractivity contribution in [3.63, 3.8) is 0 Å². The number of hydrogen-bond donors (Lipinski definition) is 12. The SMILES string of the molecule is CN(C)c1cccc(Nc2nc(Nc3ccc4[nH]ncc4c3)c3sccc3n2)c1.FC(F)(F)Oc1ccc(Nc2nc(Nc3ccc4[nH]ncc4c3)c3sccc3n2)cc1.c1cc2nc(NC3CCC3)nc(Nc3ccc4[nH]ncc4c3)c2s1.c1cc2nc(NCCCN3CCOCC3)nc(Nc3ccc4[nH]ncc4c3)c2s1. The molecule has 2 fully saturated rings. The number of alkyl halides is 3. The lowest BCUT2D eigenvalue weighted by Gasteiger charge is -2.26. The molecule has 1 aliphatic carbocycles. The number of aromatic amines is 4. The molecular weight excluding hydrogens is 1520 g/mol. The standard InChI is InChI=1S/C21H19N7S.C20H13F3N6OS.C20H23N7OS.C17H16N6S/c1-28(2)16-5-3-4-14(11-16)24-21-25-18-8-9-29-19(18)20(26-21)23-15-6-7-17-13(10-15)12-22-27-17;21-20(22,23)30-14-4-1-12(2-5-14)26-19-27-16-7-8-31-17(16)18(28-19)25-13-3-6-15-11(9-13)10-24-29-15;1(6-27-7-9-28-10-8-27)5-21-20-24-17-4-11-29-18(17)19(25-20)23-15-2-3-16-14(12-15)13-22-26-16;1-2-11(3-1)20-17-21-14-6-7-24-15(14)16(22-17)19-12-4-5-13-10(8-12)9-18-23-13/h3-12H,1-2H3,(H,22,27)(H2,23,24,25,26);1-10H,(H,24,29)(H2,25,26,27,28);2-4,11-13H,1,5-10H2,(H,22,26)(H2,21,23,24,25);4-9,11H,1-3H2,(H,18,23)(H2,19,20,21,22). The molecule has 28 nitrogen and oxygen atoms in total. The molecule has 18 aromatic rings. The lowest BCUT2D eigenvalue weighted by Crippen LogP contribution is -2.37. The van der Waals surface area contributed by atoms with Crippen LogP contribution in [0.25, 0.3) is 84.5 Å². The Kier molecular flexibility index (Phi) is 21.3. The highest BCUT2D eigenvalue weighted by Crippen LogP contribution is 2.37. The highest BCUT2D eigenvalue weighted by Gasteiger charge is 2.31. The summed E-state index contributed by atoms with van der Waals surface area (Å²) in [6, 6.07) is 46.0. The summed E-state index contributed by atoms with van der Waals surface area (Å²) in [5, 5.41) is 67.1. The number of nitrogens with one attached hydrogen (secondary N) is 12. The summed E-state index contributed by atoms with van der Waals surface area (Å²) < 4.78 is 50.3. The molecule has 1 aliphatic heterocycles. The summed E-state index contributed by atoms with van der Waals surface area (Å²) in [6.45, 7) is 5.62. The summed E-state index contributed by atoms with van der Waals surface area (Å²) in [7, 11) is 4.04. The molecule has 0 unspecified atom stereocenters. The Morgan fingerprint density at radius 2 is 0.858 bits per heavy atom. The lowest BCUT2D eigenvalue weighted by molar-refractivity contribution is -0.274. The van der Waals surface area contributed by atoms with E-state index in [1.165, 1.54) is 54.9 Å². The predicted molar refractivity (Wildman–Crippen MR) is 449 cm³/mol. The number of anilines is 15. The molecule has 0 amide bonds. The van der Waals surface area contributed by atoms with Crippen molar-refractivity contribution in [2.75, 3.05) is 101 Å². The molecule has 12 N–H and O–H groups in total. The van der Waals surface area contributed by atoms with E-state index in [1.807, 2.05) is 146 Å². The van der Waals surface area contributed by atoms with Crippen LogP contribution >= 0.6 is 45.3 Å². The van der Waals surface area contributed by atoms with Gasteiger partial charge in [-0.1, -0.05) is 6.07 Å². The molecule has 13 heterocycles. The Hall–Kier alpha value is -12.9. The van der Waals surface area contributed by atoms with Crippen LogP contribution < -0.4 is 52.2 Å². The van der Waals surface area contributed by atoms with Gasteiger partial charge in [0.25, 0.3) is 0 Å². The fraction of sp³-hybridized carbons (Fsp3) is 0.179. The van der Waals surface area contributed by atoms with Gasteiger partial charge in [-0.15, -0.1) is 58.5 Å². The highest BCUT2D eigenvalue weighted by atomic mass is 32.1. The van der Waals surface area contributed by atoms with E-state index in [4.69, 9.17) is 19.7 Å². The summed E-state index contributed by atoms with van der Waals surface area (Å²) in [4.78, 5) is 41.7. The van der Waals surface area contributed by atoms with Gasteiger partial charge in [-0.25, -0.2) is 19.9 Å². The van der Waals surface area contributed by atoms with E-state index in [1.54, 1.807) is 40.2 Å². The van der Waals surface area contributed by atoms with Crippen molar-refractivity contribution in [2.45, 2.75) is 38.1 Å². The number of aromatic nitrogens is 16. The fourth-order valence-corrected chi connectivity index (χ4v) is 15.7. The van der Waals surface area contributed by atoms with Crippen LogP contribution in [0.3, 0.4) is 0 Å². The second kappa shape index (κ2) is 32.9. The fourth-order valence-electron chi connectivity index (χ4n) is 12.6. The maximum absolute atomic E-state index is 12.3. The number of fused-ring (bicyclic) bond motifs is 8. The van der Waals surface area contributed by atoms with Crippen LogP contribution in [0.15, 0.2) is 192 Å². The molecule has 0 bridgehead atoms. The van der Waals surface area contributed by atoms with Crippen molar-refractivity contribution in [2.24, 2.45) is 0 Å². The number of hydrogen-bond acceptors (Lipinski definition) is 28. The van der Waals surface area contributed by atoms with E-state index < -0.39 is 6.36 Å². The van der Waals surface area contributed by atoms with Crippen molar-refractivity contribution < 1.29 is 22.6 Å². The molecule has 6 aromatic carbocycles. The van der Waals surface area contributed by atoms with Gasteiger partial charge in [0.15, 0.2) is 23.3 Å². The molecule has 0 spiro atoms. The van der Waals surface area contributed by atoms with Crippen molar-refractivity contribution >= 4 is 217 Å². The molecule has 12 aromatic heterocycles. The molecule has 113 heavy (non-hydrogen) atoms. The number of morpholine rings is 1. The molecule has 35 heteroatoms. The minimum Gasteiger partial charge on any atom is -0.406 e. The summed E-state index contributed by atoms with van der Waals surface area (Å²) in [5.74, 6) is 4.98. The van der Waals surface area contributed by atoms with Crippen LogP contribution in [0.4, 0.5) is 100 Å². The minimum atomic E-state index is -4.73. The third-order valence-corrected chi connectivity index (χ3v) is 22.1. The number of H-pyrrole nitrogens is 4. The zero-order chi connectivity index (χ0) is 76.6. The Labute approximate surface area is 657 Å². The van der Waals surface area contributed by atoms with Gasteiger partial charge in [0.2, 0.25) is 23.8 Å². The molecule has 1 saturated heterocycles. The second-order valence-electron chi connectivity index (χ2n) is 26.6. The summed E-state index contributed by atoms with van der Waals surface area (Å²) in [5.41, 5.74) is 13.9. The van der Waals surface area contributed by atoms with Crippen LogP contribution in [0, 0.1) is 0 Å². The Morgan fingerprint density at radius 1 is 0.460 bits per heavy atom. The van der Waals surface area contributed by atoms with E-state index in [0.717, 1.165) is 182 Å². The van der Waals surface area contributed by atoms with Gasteiger partial charge in [-0.3, -0.25) is 25.3 Å². The molecule has 0 atom stereocenters. The first kappa shape index (κ1) is 72.9. The number of nitrogens with zero attached hydrogens (tertiary/aromatic N) is 14. The van der Waals surface area contributed by atoms with Crippen molar-refractivity contribution in [1.29, 1.82) is 0 Å². The zero-order valence-electron chi connectivity index (χ0n) is 60.5. The number of halogens is 3. The lowest BCUT2D eigenvalue weighted by atomic mass is 9.93. The zero-order valence-corrected chi connectivity index (χ0v) is 63.7. The first-order valence-corrected chi connectivity index (χ1v) is 39.6. The molecular formula is C78H71F3N26O2S4. The Bertz CT molecular complexity index is 6300. The van der Waals surface area contributed by atoms with Gasteiger partial charge in [0.1, 0.15) is 5.75 Å². The average molecular weight is 1590 g/mol. The number of benzene rings is 6. The van der Waals surface area contributed by atoms with Crippen LogP contribution in [-0.2, 0) is 4.74 Å². The van der Waals surface area contributed by atoms with E-state index in [9.17, 15) is 13.2 Å². The maximum atomic E-state index is 12.3. The second-order valence-corrected chi connectivity index (χ2v) is 30.2. The third-order valence-electron chi connectivity index (χ3n) is 18.5. The van der Waals surface area contributed by atoms with Crippen molar-refractivity contribution in [1.82, 2.24) is 85.6 Å². The molecule has 20 rings (SSSR count). The number of thiophene rings is 4. The monoisotopic (exact) mass is 1590 g/mol. The normalized spacial score (nSPS) is 13.1. The van der Waals surface area contributed by atoms with Crippen molar-refractivity contribution in [3.8, 4) is 5.75 Å². The minimum absolute atomic E-state index is 0.302. The van der Waals surface area contributed by atoms with Gasteiger partial charge in [-0.05, 0) is 193 Å². The van der Waals surface area contributed by atoms with E-state index >= 15 is 0 Å². The summed E-state index contributed by atoms with van der Waals surface area (Å²) in [6.07, 6.45) is 7.19. The largest absolute Gasteiger partial charge is 0.573 e. The van der Waals surface area contributed by atoms with Crippen LogP contribution in [0.5, 0.6) is 5.75 Å². The maximum Gasteiger partial charge on any atom is 0.573 e. The Balaban J connectivity index is 0.000000109. The van der Waals surface area contributed by atoms with Gasteiger partial charge in [0, 0.05) is 101 Å². The molecule has 570 valence electrons. The summed E-state index contributed by atoms with van der Waals surface area (Å²) >= 11 is 6.42. The van der Waals surface area contributed by atoms with Crippen molar-refractivity contribution in [3.05, 3.63) is 192 Å². The highest BCUT2D eigenvalue weighted by molar-refractivity contribution is 7.18. The van der Waals surface area contributed by atoms with E-state index in [-0.39, 0.29) is 5.75 Å². The Morgan fingerprint density at radius 3 is 1.28 bits per heavy atom. The number of ether oxygens (including phenoxy) is 2. The van der Waals surface area contributed by atoms with Crippen LogP contribution in [0.1, 0.15) is 25.7 Å². The third kappa shape index (κ3) is 17.8.